The van der Waals surface area contributed by atoms with Gasteiger partial charge in [-0.15, -0.1) is 0 Å². The van der Waals surface area contributed by atoms with Crippen molar-refractivity contribution in [1.29, 1.82) is 5.26 Å². The Kier molecular flexibility index (Phi) is 5.97. The van der Waals surface area contributed by atoms with Crippen LogP contribution < -0.4 is 10.2 Å². The molecule has 1 atom stereocenters. The van der Waals surface area contributed by atoms with E-state index in [1.165, 1.54) is 5.39 Å². The van der Waals surface area contributed by atoms with Gasteiger partial charge in [0.25, 0.3) is 0 Å². The Morgan fingerprint density at radius 3 is 2.74 bits per heavy atom. The molecule has 1 aliphatic rings. The van der Waals surface area contributed by atoms with Crippen LogP contribution in [-0.2, 0) is 16.1 Å². The third-order valence-corrected chi connectivity index (χ3v) is 6.16. The zero-order valence-corrected chi connectivity index (χ0v) is 18.3. The summed E-state index contributed by atoms with van der Waals surface area (Å²) in [5.41, 5.74) is 3.39. The summed E-state index contributed by atoms with van der Waals surface area (Å²) >= 11 is 0. The van der Waals surface area contributed by atoms with Gasteiger partial charge in [0.2, 0.25) is 5.91 Å². The number of aromatic nitrogens is 1. The molecule has 0 radical (unpaired) electrons. The Morgan fingerprint density at radius 1 is 1.26 bits per heavy atom. The maximum atomic E-state index is 12.9. The number of hydrogen-bond acceptors (Lipinski definition) is 4. The number of carbonyl (C=O) groups excluding carboxylic acids is 1. The largest absolute Gasteiger partial charge is 0.376 e. The molecule has 4 rings (SSSR count). The molecule has 0 unspecified atom stereocenters. The molecule has 0 aliphatic carbocycles. The van der Waals surface area contributed by atoms with Crippen molar-refractivity contribution in [2.75, 3.05) is 30.4 Å². The smallest absolute Gasteiger partial charge is 0.245 e. The van der Waals surface area contributed by atoms with E-state index < -0.39 is 0 Å². The molecule has 160 valence electrons. The van der Waals surface area contributed by atoms with Crippen LogP contribution in [0.2, 0.25) is 0 Å². The second-order valence-electron chi connectivity index (χ2n) is 8.23. The van der Waals surface area contributed by atoms with E-state index in [1.807, 2.05) is 48.6 Å². The maximum Gasteiger partial charge on any atom is 0.245 e. The summed E-state index contributed by atoms with van der Waals surface area (Å²) in [5.74, 6) is 0.420. The van der Waals surface area contributed by atoms with E-state index in [-0.39, 0.29) is 18.6 Å². The van der Waals surface area contributed by atoms with Gasteiger partial charge in [0, 0.05) is 25.0 Å². The normalized spacial score (nSPS) is 15.7. The minimum Gasteiger partial charge on any atom is -0.376 e. The highest BCUT2D eigenvalue weighted by atomic mass is 16.5. The topological polar surface area (TPSA) is 70.3 Å². The molecule has 1 fully saturated rings. The number of nitrogens with zero attached hydrogens (tertiary/aromatic N) is 3. The van der Waals surface area contributed by atoms with Gasteiger partial charge in [0.15, 0.2) is 0 Å². The number of carbonyl (C=O) groups is 1. The number of rotatable bonds is 6. The zero-order chi connectivity index (χ0) is 22.0. The first-order chi connectivity index (χ1) is 15.0. The minimum absolute atomic E-state index is 0.118. The minimum atomic E-state index is -0.154. The van der Waals surface area contributed by atoms with Crippen molar-refractivity contribution in [2.45, 2.75) is 39.3 Å². The van der Waals surface area contributed by atoms with E-state index in [1.54, 1.807) is 0 Å². The average molecular weight is 417 g/mol. The molecular formula is C25H28N4O2. The lowest BCUT2D eigenvalue weighted by Crippen LogP contribution is -2.31. The van der Waals surface area contributed by atoms with Crippen molar-refractivity contribution in [3.8, 4) is 6.07 Å². The van der Waals surface area contributed by atoms with Crippen LogP contribution in [0.1, 0.15) is 29.7 Å². The second-order valence-corrected chi connectivity index (χ2v) is 8.23. The van der Waals surface area contributed by atoms with E-state index in [0.29, 0.717) is 17.9 Å². The van der Waals surface area contributed by atoms with Crippen LogP contribution in [0.25, 0.3) is 10.8 Å². The summed E-state index contributed by atoms with van der Waals surface area (Å²) in [6.07, 6.45) is 2.16. The zero-order valence-electron chi connectivity index (χ0n) is 18.3. The van der Waals surface area contributed by atoms with Gasteiger partial charge in [-0.25, -0.2) is 0 Å². The predicted octanol–water partition coefficient (Wildman–Crippen LogP) is 4.38. The third-order valence-electron chi connectivity index (χ3n) is 6.16. The number of nitrogens with one attached hydrogen (secondary N) is 1. The average Bonchev–Trinajstić information content (AvgIpc) is 3.36. The Balaban J connectivity index is 1.53. The first-order valence-electron chi connectivity index (χ1n) is 10.7. The summed E-state index contributed by atoms with van der Waals surface area (Å²) in [6, 6.07) is 16.6. The fourth-order valence-electron chi connectivity index (χ4n) is 4.24. The van der Waals surface area contributed by atoms with Crippen LogP contribution in [0.4, 0.5) is 11.5 Å². The summed E-state index contributed by atoms with van der Waals surface area (Å²) in [5, 5.41) is 15.0. The Bertz CT molecular complexity index is 1150. The van der Waals surface area contributed by atoms with E-state index in [4.69, 9.17) is 4.74 Å². The SMILES string of the molecule is Cc1c(C#N)c(NC(=O)CN(C)c2ccc3ccccc3c2)n(C[C@H]2CCCO2)c1C. The molecule has 2 aromatic carbocycles. The first-order valence-corrected chi connectivity index (χ1v) is 10.7. The summed E-state index contributed by atoms with van der Waals surface area (Å²) in [6.45, 7) is 5.52. The predicted molar refractivity (Wildman–Crippen MR) is 123 cm³/mol. The number of anilines is 2. The molecule has 1 aliphatic heterocycles. The van der Waals surface area contributed by atoms with E-state index in [2.05, 4.69) is 35.7 Å². The number of likely N-dealkylation sites (N-methyl/N-ethyl adjacent to an activating group) is 1. The number of benzene rings is 2. The quantitative estimate of drug-likeness (QED) is 0.647. The molecule has 0 bridgehead atoms. The monoisotopic (exact) mass is 416 g/mol. The molecule has 2 heterocycles. The molecule has 3 aromatic rings. The highest BCUT2D eigenvalue weighted by Gasteiger charge is 2.24. The second kappa shape index (κ2) is 8.83. The number of nitriles is 1. The van der Waals surface area contributed by atoms with Crippen molar-refractivity contribution < 1.29 is 9.53 Å². The van der Waals surface area contributed by atoms with Gasteiger partial charge in [-0.3, -0.25) is 4.79 Å². The van der Waals surface area contributed by atoms with Gasteiger partial charge in [0.05, 0.1) is 24.8 Å². The van der Waals surface area contributed by atoms with Crippen molar-refractivity contribution in [3.05, 3.63) is 59.3 Å². The van der Waals surface area contributed by atoms with Crippen molar-refractivity contribution in [3.63, 3.8) is 0 Å². The lowest BCUT2D eigenvalue weighted by atomic mass is 10.1. The lowest BCUT2D eigenvalue weighted by molar-refractivity contribution is -0.115. The molecule has 6 heteroatoms. The van der Waals surface area contributed by atoms with Crippen molar-refractivity contribution in [1.82, 2.24) is 4.57 Å². The molecule has 1 amide bonds. The number of amides is 1. The third kappa shape index (κ3) is 4.28. The van der Waals surface area contributed by atoms with E-state index >= 15 is 0 Å². The first kappa shape index (κ1) is 21.0. The molecule has 1 saturated heterocycles. The van der Waals surface area contributed by atoms with Crippen LogP contribution in [-0.4, -0.2) is 36.8 Å². The standard InChI is InChI=1S/C25H28N4O2/c1-17-18(2)29(15-22-9-6-12-31-22)25(23(17)14-26)27-24(30)16-28(3)21-11-10-19-7-4-5-8-20(19)13-21/h4-5,7-8,10-11,13,22H,6,9,12,15-16H2,1-3H3,(H,27,30)/t22-/m1/s1. The van der Waals surface area contributed by atoms with Crippen molar-refractivity contribution in [2.24, 2.45) is 0 Å². The number of ether oxygens (including phenoxy) is 1. The molecule has 1 aromatic heterocycles. The molecule has 0 spiro atoms. The van der Waals surface area contributed by atoms with Crippen molar-refractivity contribution >= 4 is 28.2 Å². The highest BCUT2D eigenvalue weighted by molar-refractivity contribution is 5.95. The van der Waals surface area contributed by atoms with E-state index in [9.17, 15) is 10.1 Å². The molecule has 31 heavy (non-hydrogen) atoms. The van der Waals surface area contributed by atoms with Gasteiger partial charge in [-0.05, 0) is 55.2 Å². The fraction of sp³-hybridized carbons (Fsp3) is 0.360. The van der Waals surface area contributed by atoms with Gasteiger partial charge in [-0.1, -0.05) is 30.3 Å². The number of hydrogen-bond donors (Lipinski definition) is 1. The summed E-state index contributed by atoms with van der Waals surface area (Å²) < 4.78 is 7.81. The van der Waals surface area contributed by atoms with Crippen LogP contribution in [0.5, 0.6) is 0 Å². The van der Waals surface area contributed by atoms with Gasteiger partial charge in [-0.2, -0.15) is 5.26 Å². The molecule has 0 saturated carbocycles. The Labute approximate surface area is 183 Å². The van der Waals surface area contributed by atoms with E-state index in [0.717, 1.165) is 41.8 Å². The number of fused-ring (bicyclic) bond motifs is 1. The molecular weight excluding hydrogens is 388 g/mol. The van der Waals surface area contributed by atoms with Crippen LogP contribution >= 0.6 is 0 Å². The van der Waals surface area contributed by atoms with Gasteiger partial charge >= 0.3 is 0 Å². The highest BCUT2D eigenvalue weighted by Crippen LogP contribution is 2.28. The summed E-state index contributed by atoms with van der Waals surface area (Å²) in [4.78, 5) is 14.8. The fourth-order valence-corrected chi connectivity index (χ4v) is 4.24. The molecule has 1 N–H and O–H groups in total. The Morgan fingerprint density at radius 2 is 2.03 bits per heavy atom. The Hall–Kier alpha value is -3.30. The maximum absolute atomic E-state index is 12.9. The lowest BCUT2D eigenvalue weighted by Gasteiger charge is -2.21. The van der Waals surface area contributed by atoms with Crippen LogP contribution in [0.15, 0.2) is 42.5 Å². The molecule has 6 nitrogen and oxygen atoms in total. The van der Waals surface area contributed by atoms with Crippen LogP contribution in [0.3, 0.4) is 0 Å². The van der Waals surface area contributed by atoms with Gasteiger partial charge < -0.3 is 19.5 Å². The van der Waals surface area contributed by atoms with Crippen LogP contribution in [0, 0.1) is 25.2 Å². The van der Waals surface area contributed by atoms with Gasteiger partial charge in [0.1, 0.15) is 11.9 Å². The summed E-state index contributed by atoms with van der Waals surface area (Å²) in [7, 11) is 1.90.